The van der Waals surface area contributed by atoms with E-state index in [0.717, 1.165) is 43.0 Å². The molecular formula is C22H24N4OS. The van der Waals surface area contributed by atoms with Crippen molar-refractivity contribution in [3.05, 3.63) is 71.2 Å². The molecule has 2 aromatic carbocycles. The molecule has 0 unspecified atom stereocenters. The van der Waals surface area contributed by atoms with E-state index in [2.05, 4.69) is 39.5 Å². The number of carbonyl (C=O) groups is 1. The number of nitrogens with two attached hydrogens (primary N) is 1. The van der Waals surface area contributed by atoms with Crippen molar-refractivity contribution < 1.29 is 4.79 Å². The van der Waals surface area contributed by atoms with Crippen LogP contribution in [0, 0.1) is 0 Å². The smallest absolute Gasteiger partial charge is 0.263 e. The van der Waals surface area contributed by atoms with Crippen molar-refractivity contribution in [1.82, 2.24) is 15.2 Å². The Morgan fingerprint density at radius 3 is 2.68 bits per heavy atom. The van der Waals surface area contributed by atoms with Crippen LogP contribution in [0.5, 0.6) is 0 Å². The maximum atomic E-state index is 12.6. The summed E-state index contributed by atoms with van der Waals surface area (Å²) in [5, 5.41) is 3.99. The highest BCUT2D eigenvalue weighted by Crippen LogP contribution is 2.26. The number of carbonyl (C=O) groups excluding carboxylic acids is 1. The number of benzene rings is 2. The Morgan fingerprint density at radius 2 is 1.93 bits per heavy atom. The molecule has 0 spiro atoms. The zero-order valence-electron chi connectivity index (χ0n) is 15.7. The summed E-state index contributed by atoms with van der Waals surface area (Å²) in [4.78, 5) is 20.1. The van der Waals surface area contributed by atoms with Crippen molar-refractivity contribution in [1.29, 1.82) is 0 Å². The predicted octanol–water partition coefficient (Wildman–Crippen LogP) is 3.79. The van der Waals surface area contributed by atoms with Crippen molar-refractivity contribution in [3.8, 4) is 10.6 Å². The lowest BCUT2D eigenvalue weighted by atomic mass is 10.0. The minimum atomic E-state index is -0.0332. The first-order valence-electron chi connectivity index (χ1n) is 9.56. The highest BCUT2D eigenvalue weighted by molar-refractivity contribution is 7.16. The molecule has 0 radical (unpaired) electrons. The highest BCUT2D eigenvalue weighted by atomic mass is 32.1. The molecular weight excluding hydrogens is 368 g/mol. The van der Waals surface area contributed by atoms with E-state index in [0.29, 0.717) is 10.6 Å². The van der Waals surface area contributed by atoms with Gasteiger partial charge in [0.15, 0.2) is 0 Å². The summed E-state index contributed by atoms with van der Waals surface area (Å²) in [6, 6.07) is 18.3. The summed E-state index contributed by atoms with van der Waals surface area (Å²) in [5.74, 6) is -0.0332. The Bertz CT molecular complexity index is 932. The summed E-state index contributed by atoms with van der Waals surface area (Å²) >= 11 is 1.40. The van der Waals surface area contributed by atoms with Gasteiger partial charge < -0.3 is 11.1 Å². The molecule has 5 nitrogen and oxygen atoms in total. The molecule has 0 bridgehead atoms. The molecule has 28 heavy (non-hydrogen) atoms. The Balaban J connectivity index is 1.30. The number of piperidine rings is 1. The lowest BCUT2D eigenvalue weighted by Crippen LogP contribution is -2.44. The van der Waals surface area contributed by atoms with E-state index in [-0.39, 0.29) is 11.9 Å². The Hall–Kier alpha value is -2.70. The second kappa shape index (κ2) is 8.54. The van der Waals surface area contributed by atoms with Gasteiger partial charge in [0.1, 0.15) is 9.88 Å². The molecule has 1 fully saturated rings. The van der Waals surface area contributed by atoms with Crippen molar-refractivity contribution in [2.45, 2.75) is 25.4 Å². The van der Waals surface area contributed by atoms with E-state index in [4.69, 9.17) is 5.73 Å². The van der Waals surface area contributed by atoms with Crippen LogP contribution in [0.1, 0.15) is 28.1 Å². The maximum absolute atomic E-state index is 12.6. The number of thiazole rings is 1. The van der Waals surface area contributed by atoms with Gasteiger partial charge >= 0.3 is 0 Å². The van der Waals surface area contributed by atoms with Gasteiger partial charge in [0.25, 0.3) is 5.91 Å². The molecule has 0 atom stereocenters. The maximum Gasteiger partial charge on any atom is 0.263 e. The molecule has 3 N–H and O–H groups in total. The predicted molar refractivity (Wildman–Crippen MR) is 114 cm³/mol. The zero-order chi connectivity index (χ0) is 19.3. The van der Waals surface area contributed by atoms with E-state index < -0.39 is 0 Å². The van der Waals surface area contributed by atoms with Crippen LogP contribution in [-0.2, 0) is 6.54 Å². The monoisotopic (exact) mass is 392 g/mol. The third-order valence-corrected chi connectivity index (χ3v) is 6.08. The van der Waals surface area contributed by atoms with Crippen LogP contribution in [0.4, 0.5) is 5.69 Å². The van der Waals surface area contributed by atoms with Crippen LogP contribution in [0.25, 0.3) is 10.6 Å². The summed E-state index contributed by atoms with van der Waals surface area (Å²) in [6.07, 6.45) is 3.60. The molecule has 144 valence electrons. The van der Waals surface area contributed by atoms with Gasteiger partial charge in [-0.05, 0) is 30.5 Å². The van der Waals surface area contributed by atoms with Crippen LogP contribution in [0.15, 0.2) is 60.8 Å². The van der Waals surface area contributed by atoms with Gasteiger partial charge in [-0.15, -0.1) is 11.3 Å². The van der Waals surface area contributed by atoms with E-state index in [1.807, 2.05) is 30.3 Å². The number of likely N-dealkylation sites (tertiary alicyclic amines) is 1. The molecule has 3 aromatic rings. The number of hydrogen-bond donors (Lipinski definition) is 2. The van der Waals surface area contributed by atoms with Crippen molar-refractivity contribution in [2.24, 2.45) is 0 Å². The number of anilines is 1. The number of nitrogens with one attached hydrogen (secondary N) is 1. The topological polar surface area (TPSA) is 71.2 Å². The first-order chi connectivity index (χ1) is 13.7. The molecule has 1 amide bonds. The molecule has 0 saturated carbocycles. The standard InChI is InChI=1S/C22H24N4OS/c23-18-8-4-7-17(13-18)22-24-14-20(28-22)21(27)25-19-9-11-26(12-10-19)15-16-5-2-1-3-6-16/h1-8,13-14,19H,9-12,15,23H2,(H,25,27). The summed E-state index contributed by atoms with van der Waals surface area (Å²) in [5.41, 5.74) is 8.81. The number of amides is 1. The highest BCUT2D eigenvalue weighted by Gasteiger charge is 2.22. The molecule has 4 rings (SSSR count). The molecule has 6 heteroatoms. The fourth-order valence-corrected chi connectivity index (χ4v) is 4.33. The van der Waals surface area contributed by atoms with Crippen molar-refractivity contribution in [2.75, 3.05) is 18.8 Å². The Labute approximate surface area is 169 Å². The van der Waals surface area contributed by atoms with Crippen LogP contribution in [0.2, 0.25) is 0 Å². The van der Waals surface area contributed by atoms with Gasteiger partial charge in [0.05, 0.1) is 6.20 Å². The second-order valence-corrected chi connectivity index (χ2v) is 8.20. The van der Waals surface area contributed by atoms with Gasteiger partial charge in [0.2, 0.25) is 0 Å². The molecule has 0 aliphatic carbocycles. The zero-order valence-corrected chi connectivity index (χ0v) is 16.5. The Morgan fingerprint density at radius 1 is 1.14 bits per heavy atom. The molecule has 1 aliphatic rings. The van der Waals surface area contributed by atoms with E-state index in [1.54, 1.807) is 6.20 Å². The van der Waals surface area contributed by atoms with Gasteiger partial charge in [-0.2, -0.15) is 0 Å². The third kappa shape index (κ3) is 4.58. The molecule has 2 heterocycles. The van der Waals surface area contributed by atoms with Crippen LogP contribution in [-0.4, -0.2) is 34.9 Å². The normalized spacial score (nSPS) is 15.4. The van der Waals surface area contributed by atoms with Crippen LogP contribution < -0.4 is 11.1 Å². The fourth-order valence-electron chi connectivity index (χ4n) is 3.52. The summed E-state index contributed by atoms with van der Waals surface area (Å²) < 4.78 is 0. The van der Waals surface area contributed by atoms with Gasteiger partial charge in [0, 0.05) is 36.9 Å². The minimum absolute atomic E-state index is 0.0332. The molecule has 1 aliphatic heterocycles. The number of rotatable bonds is 5. The van der Waals surface area contributed by atoms with Crippen molar-refractivity contribution in [3.63, 3.8) is 0 Å². The number of aromatic nitrogens is 1. The quantitative estimate of drug-likeness (QED) is 0.648. The van der Waals surface area contributed by atoms with E-state index in [1.165, 1.54) is 16.9 Å². The SMILES string of the molecule is Nc1cccc(-c2ncc(C(=O)NC3CCN(Cc4ccccc4)CC3)s2)c1. The molecule has 1 saturated heterocycles. The third-order valence-electron chi connectivity index (χ3n) is 5.03. The summed E-state index contributed by atoms with van der Waals surface area (Å²) in [6.45, 7) is 2.97. The van der Waals surface area contributed by atoms with E-state index >= 15 is 0 Å². The van der Waals surface area contributed by atoms with Gasteiger partial charge in [-0.1, -0.05) is 42.5 Å². The number of nitrogen functional groups attached to an aromatic ring is 1. The molecule has 1 aromatic heterocycles. The average molecular weight is 393 g/mol. The number of nitrogens with zero attached hydrogens (tertiary/aromatic N) is 2. The van der Waals surface area contributed by atoms with Gasteiger partial charge in [-0.25, -0.2) is 4.98 Å². The second-order valence-electron chi connectivity index (χ2n) is 7.16. The first kappa shape index (κ1) is 18.7. The van der Waals surface area contributed by atoms with Gasteiger partial charge in [-0.3, -0.25) is 9.69 Å². The number of hydrogen-bond acceptors (Lipinski definition) is 5. The largest absolute Gasteiger partial charge is 0.399 e. The van der Waals surface area contributed by atoms with E-state index in [9.17, 15) is 4.79 Å². The first-order valence-corrected chi connectivity index (χ1v) is 10.4. The van der Waals surface area contributed by atoms with Crippen LogP contribution in [0.3, 0.4) is 0 Å². The summed E-state index contributed by atoms with van der Waals surface area (Å²) in [7, 11) is 0. The average Bonchev–Trinajstić information content (AvgIpc) is 3.21. The lowest BCUT2D eigenvalue weighted by Gasteiger charge is -2.32. The fraction of sp³-hybridized carbons (Fsp3) is 0.273. The van der Waals surface area contributed by atoms with Crippen molar-refractivity contribution >= 4 is 22.9 Å². The Kier molecular flexibility index (Phi) is 5.69. The minimum Gasteiger partial charge on any atom is -0.399 e. The van der Waals surface area contributed by atoms with Crippen LogP contribution >= 0.6 is 11.3 Å². The lowest BCUT2D eigenvalue weighted by molar-refractivity contribution is 0.0913.